The van der Waals surface area contributed by atoms with Gasteiger partial charge in [0.05, 0.1) is 5.92 Å². The zero-order chi connectivity index (χ0) is 12.3. The molecule has 1 heterocycles. The van der Waals surface area contributed by atoms with E-state index >= 15 is 0 Å². The van der Waals surface area contributed by atoms with Crippen LogP contribution < -0.4 is 5.32 Å². The van der Waals surface area contributed by atoms with Crippen LogP contribution in [0.3, 0.4) is 0 Å². The molecule has 0 spiro atoms. The fraction of sp³-hybridized carbons (Fsp3) is 0.923. The van der Waals surface area contributed by atoms with Crippen LogP contribution >= 0.6 is 0 Å². The van der Waals surface area contributed by atoms with E-state index in [1.807, 2.05) is 4.90 Å². The van der Waals surface area contributed by atoms with Crippen molar-refractivity contribution in [1.29, 1.82) is 0 Å². The molecule has 2 atom stereocenters. The second kappa shape index (κ2) is 5.83. The number of amides is 1. The average Bonchev–Trinajstić information content (AvgIpc) is 2.67. The van der Waals surface area contributed by atoms with Gasteiger partial charge in [-0.15, -0.1) is 0 Å². The van der Waals surface area contributed by atoms with E-state index < -0.39 is 0 Å². The van der Waals surface area contributed by atoms with Gasteiger partial charge in [-0.05, 0) is 38.1 Å². The quantitative estimate of drug-likeness (QED) is 0.740. The van der Waals surface area contributed by atoms with Crippen LogP contribution in [0, 0.1) is 11.8 Å². The molecule has 0 unspecified atom stereocenters. The zero-order valence-corrected chi connectivity index (χ0v) is 10.7. The average molecular weight is 240 g/mol. The van der Waals surface area contributed by atoms with Crippen molar-refractivity contribution in [2.75, 3.05) is 26.2 Å². The van der Waals surface area contributed by atoms with Gasteiger partial charge in [0.15, 0.2) is 0 Å². The van der Waals surface area contributed by atoms with Gasteiger partial charge in [-0.25, -0.2) is 0 Å². The largest absolute Gasteiger partial charge is 0.396 e. The lowest BCUT2D eigenvalue weighted by molar-refractivity contribution is -0.140. The van der Waals surface area contributed by atoms with Crippen LogP contribution in [-0.2, 0) is 4.79 Å². The minimum absolute atomic E-state index is 0.147. The number of carbonyl (C=O) groups is 1. The van der Waals surface area contributed by atoms with Crippen molar-refractivity contribution < 1.29 is 9.90 Å². The second-order valence-corrected chi connectivity index (χ2v) is 5.44. The first-order valence-corrected chi connectivity index (χ1v) is 6.86. The number of aliphatic hydroxyl groups excluding tert-OH is 1. The Hall–Kier alpha value is -0.610. The predicted molar refractivity (Wildman–Crippen MR) is 66.6 cm³/mol. The molecular formula is C13H24N2O2. The Bertz CT molecular complexity index is 266. The monoisotopic (exact) mass is 240 g/mol. The fourth-order valence-corrected chi connectivity index (χ4v) is 2.77. The molecule has 2 rings (SSSR count). The maximum atomic E-state index is 12.5. The van der Waals surface area contributed by atoms with Crippen molar-refractivity contribution in [3.8, 4) is 0 Å². The number of rotatable bonds is 5. The first-order valence-electron chi connectivity index (χ1n) is 6.86. The van der Waals surface area contributed by atoms with E-state index in [9.17, 15) is 4.79 Å². The molecule has 2 fully saturated rings. The fourth-order valence-electron chi connectivity index (χ4n) is 2.77. The van der Waals surface area contributed by atoms with Crippen LogP contribution in [-0.4, -0.2) is 48.2 Å². The van der Waals surface area contributed by atoms with Gasteiger partial charge in [0, 0.05) is 25.7 Å². The molecule has 0 aromatic carbocycles. The molecule has 1 amide bonds. The van der Waals surface area contributed by atoms with E-state index in [1.54, 1.807) is 0 Å². The maximum Gasteiger partial charge on any atom is 0.227 e. The Morgan fingerprint density at radius 1 is 1.41 bits per heavy atom. The van der Waals surface area contributed by atoms with Gasteiger partial charge in [-0.3, -0.25) is 4.79 Å². The van der Waals surface area contributed by atoms with Gasteiger partial charge >= 0.3 is 0 Å². The van der Waals surface area contributed by atoms with Crippen LogP contribution in [0.2, 0.25) is 0 Å². The Labute approximate surface area is 103 Å². The van der Waals surface area contributed by atoms with Gasteiger partial charge in [-0.1, -0.05) is 6.92 Å². The highest BCUT2D eigenvalue weighted by Crippen LogP contribution is 2.28. The van der Waals surface area contributed by atoms with E-state index in [2.05, 4.69) is 12.2 Å². The lowest BCUT2D eigenvalue weighted by Gasteiger charge is -2.39. The maximum absolute atomic E-state index is 12.5. The third-order valence-electron chi connectivity index (χ3n) is 4.19. The van der Waals surface area contributed by atoms with Crippen molar-refractivity contribution in [3.63, 3.8) is 0 Å². The Morgan fingerprint density at radius 2 is 2.18 bits per heavy atom. The van der Waals surface area contributed by atoms with Gasteiger partial charge in [0.1, 0.15) is 0 Å². The van der Waals surface area contributed by atoms with E-state index in [4.69, 9.17) is 5.11 Å². The Balaban J connectivity index is 1.95. The molecule has 0 radical (unpaired) electrons. The molecule has 0 bridgehead atoms. The Morgan fingerprint density at radius 3 is 2.65 bits per heavy atom. The summed E-state index contributed by atoms with van der Waals surface area (Å²) in [7, 11) is 0. The number of nitrogens with zero attached hydrogens (tertiary/aromatic N) is 1. The summed E-state index contributed by atoms with van der Waals surface area (Å²) < 4.78 is 0. The number of hydrogen-bond donors (Lipinski definition) is 2. The van der Waals surface area contributed by atoms with Crippen LogP contribution in [0.1, 0.15) is 32.6 Å². The molecule has 2 aliphatic rings. The topological polar surface area (TPSA) is 52.6 Å². The summed E-state index contributed by atoms with van der Waals surface area (Å²) >= 11 is 0. The van der Waals surface area contributed by atoms with Crippen LogP contribution in [0.5, 0.6) is 0 Å². The molecular weight excluding hydrogens is 216 g/mol. The number of carbonyl (C=O) groups excluding carboxylic acids is 1. The molecule has 1 saturated heterocycles. The zero-order valence-electron chi connectivity index (χ0n) is 10.7. The highest BCUT2D eigenvalue weighted by atomic mass is 16.3. The van der Waals surface area contributed by atoms with Crippen LogP contribution in [0.4, 0.5) is 0 Å². The molecule has 4 nitrogen and oxygen atoms in total. The third kappa shape index (κ3) is 2.80. The number of aliphatic hydroxyl groups is 1. The normalized spacial score (nSPS) is 29.1. The molecule has 17 heavy (non-hydrogen) atoms. The summed E-state index contributed by atoms with van der Waals surface area (Å²) in [5.74, 6) is 0.897. The SMILES string of the molecule is C[C@@H]1CNC[C@H]1C(=O)N(CCCO)C1CCC1. The van der Waals surface area contributed by atoms with Crippen molar-refractivity contribution in [1.82, 2.24) is 10.2 Å². The first-order chi connectivity index (χ1) is 8.24. The van der Waals surface area contributed by atoms with E-state index in [0.29, 0.717) is 24.3 Å². The first kappa shape index (κ1) is 12.8. The minimum Gasteiger partial charge on any atom is -0.396 e. The molecule has 0 aromatic heterocycles. The molecule has 4 heteroatoms. The molecule has 1 saturated carbocycles. The van der Waals surface area contributed by atoms with E-state index in [-0.39, 0.29) is 12.5 Å². The number of nitrogens with one attached hydrogen (secondary N) is 1. The van der Waals surface area contributed by atoms with Crippen LogP contribution in [0.25, 0.3) is 0 Å². The van der Waals surface area contributed by atoms with Crippen molar-refractivity contribution in [2.24, 2.45) is 11.8 Å². The molecule has 0 aromatic rings. The summed E-state index contributed by atoms with van der Waals surface area (Å²) in [5.41, 5.74) is 0. The summed E-state index contributed by atoms with van der Waals surface area (Å²) in [5, 5.41) is 12.2. The summed E-state index contributed by atoms with van der Waals surface area (Å²) in [6.45, 7) is 4.82. The summed E-state index contributed by atoms with van der Waals surface area (Å²) in [6, 6.07) is 0.446. The standard InChI is InChI=1S/C13H24N2O2/c1-10-8-14-9-12(10)13(17)15(6-3-7-16)11-4-2-5-11/h10-12,14,16H,2-9H2,1H3/t10-,12-/m1/s1. The molecule has 1 aliphatic heterocycles. The summed E-state index contributed by atoms with van der Waals surface area (Å²) in [4.78, 5) is 14.5. The van der Waals surface area contributed by atoms with Gasteiger partial charge in [0.25, 0.3) is 0 Å². The van der Waals surface area contributed by atoms with Crippen molar-refractivity contribution in [2.45, 2.75) is 38.6 Å². The molecule has 1 aliphatic carbocycles. The summed E-state index contributed by atoms with van der Waals surface area (Å²) in [6.07, 6.45) is 4.24. The Kier molecular flexibility index (Phi) is 4.40. The van der Waals surface area contributed by atoms with Gasteiger partial charge < -0.3 is 15.3 Å². The van der Waals surface area contributed by atoms with Crippen LogP contribution in [0.15, 0.2) is 0 Å². The van der Waals surface area contributed by atoms with E-state index in [1.165, 1.54) is 6.42 Å². The van der Waals surface area contributed by atoms with Gasteiger partial charge in [0.2, 0.25) is 5.91 Å². The highest BCUT2D eigenvalue weighted by molar-refractivity contribution is 5.80. The lowest BCUT2D eigenvalue weighted by atomic mass is 9.88. The molecule has 98 valence electrons. The predicted octanol–water partition coefficient (Wildman–Crippen LogP) is 0.605. The van der Waals surface area contributed by atoms with Gasteiger partial charge in [-0.2, -0.15) is 0 Å². The number of hydrogen-bond acceptors (Lipinski definition) is 3. The van der Waals surface area contributed by atoms with Crippen molar-refractivity contribution >= 4 is 5.91 Å². The lowest BCUT2D eigenvalue weighted by Crippen LogP contribution is -2.48. The van der Waals surface area contributed by atoms with E-state index in [0.717, 1.165) is 32.5 Å². The minimum atomic E-state index is 0.147. The second-order valence-electron chi connectivity index (χ2n) is 5.44. The molecule has 2 N–H and O–H groups in total. The third-order valence-corrected chi connectivity index (χ3v) is 4.19. The smallest absolute Gasteiger partial charge is 0.227 e. The highest BCUT2D eigenvalue weighted by Gasteiger charge is 2.36. The van der Waals surface area contributed by atoms with Crippen molar-refractivity contribution in [3.05, 3.63) is 0 Å².